The van der Waals surface area contributed by atoms with E-state index in [1.807, 2.05) is 0 Å². The first-order valence-electron chi connectivity index (χ1n) is 6.85. The molecule has 1 atom stereocenters. The van der Waals surface area contributed by atoms with Crippen molar-refractivity contribution < 1.29 is 22.8 Å². The molecule has 8 heteroatoms. The van der Waals surface area contributed by atoms with Gasteiger partial charge in [-0.05, 0) is 36.8 Å². The van der Waals surface area contributed by atoms with Crippen LogP contribution in [0.3, 0.4) is 0 Å². The normalized spacial score (nSPS) is 13.8. The molecule has 5 nitrogen and oxygen atoms in total. The Morgan fingerprint density at radius 2 is 1.67 bits per heavy atom. The summed E-state index contributed by atoms with van der Waals surface area (Å²) in [5.41, 5.74) is 2.73. The number of pyridine rings is 1. The number of carbonyl (C=O) groups is 2. The number of hydrogen-bond donors (Lipinski definition) is 2. The lowest BCUT2D eigenvalue weighted by Crippen LogP contribution is -2.52. The van der Waals surface area contributed by atoms with Crippen LogP contribution in [0.5, 0.6) is 0 Å². The summed E-state index contributed by atoms with van der Waals surface area (Å²) < 4.78 is 38.6. The van der Waals surface area contributed by atoms with Gasteiger partial charge >= 0.3 is 6.18 Å². The summed E-state index contributed by atoms with van der Waals surface area (Å²) in [6, 6.07) is 6.92. The minimum Gasteiger partial charge on any atom is -0.367 e. The summed E-state index contributed by atoms with van der Waals surface area (Å²) in [5, 5.41) is 2.40. The third kappa shape index (κ3) is 3.53. The maximum Gasteiger partial charge on any atom is 0.416 e. The van der Waals surface area contributed by atoms with Gasteiger partial charge in [-0.15, -0.1) is 0 Å². The quantitative estimate of drug-likeness (QED) is 0.897. The predicted molar refractivity (Wildman–Crippen MR) is 79.7 cm³/mol. The SMILES string of the molecule is C[C@@](NC(=O)c1ccncc1)(C(N)=O)c1cccc(C(F)(F)F)c1. The van der Waals surface area contributed by atoms with Gasteiger partial charge in [0.05, 0.1) is 5.56 Å². The van der Waals surface area contributed by atoms with Gasteiger partial charge in [0.1, 0.15) is 5.54 Å². The van der Waals surface area contributed by atoms with Crippen LogP contribution in [0, 0.1) is 0 Å². The molecule has 0 saturated carbocycles. The summed E-state index contributed by atoms with van der Waals surface area (Å²) in [5.74, 6) is -1.64. The number of primary amides is 1. The van der Waals surface area contributed by atoms with Gasteiger partial charge in [-0.2, -0.15) is 13.2 Å². The zero-order valence-electron chi connectivity index (χ0n) is 12.6. The Balaban J connectivity index is 2.41. The number of hydrogen-bond acceptors (Lipinski definition) is 3. The molecule has 0 aliphatic carbocycles. The molecule has 2 aromatic rings. The minimum absolute atomic E-state index is 0.0627. The standard InChI is InChI=1S/C16H14F3N3O2/c1-15(14(20)24,22-13(23)10-5-7-21-8-6-10)11-3-2-4-12(9-11)16(17,18)19/h2-9H,1H3,(H2,20,24)(H,22,23)/t15-/m0/s1. The number of halogens is 3. The van der Waals surface area contributed by atoms with Gasteiger partial charge in [-0.25, -0.2) is 0 Å². The second-order valence-electron chi connectivity index (χ2n) is 5.26. The Kier molecular flexibility index (Phi) is 4.59. The van der Waals surface area contributed by atoms with Crippen LogP contribution in [0.1, 0.15) is 28.4 Å². The van der Waals surface area contributed by atoms with Crippen molar-refractivity contribution in [3.63, 3.8) is 0 Å². The van der Waals surface area contributed by atoms with Crippen LogP contribution in [-0.2, 0) is 16.5 Å². The van der Waals surface area contributed by atoms with Gasteiger partial charge in [-0.1, -0.05) is 12.1 Å². The first kappa shape index (κ1) is 17.5. The van der Waals surface area contributed by atoms with Crippen molar-refractivity contribution in [3.05, 3.63) is 65.5 Å². The summed E-state index contributed by atoms with van der Waals surface area (Å²) >= 11 is 0. The maximum absolute atomic E-state index is 12.9. The lowest BCUT2D eigenvalue weighted by Gasteiger charge is -2.28. The summed E-state index contributed by atoms with van der Waals surface area (Å²) in [7, 11) is 0. The van der Waals surface area contributed by atoms with Crippen molar-refractivity contribution in [2.45, 2.75) is 18.6 Å². The molecular weight excluding hydrogens is 323 g/mol. The molecule has 0 saturated heterocycles. The van der Waals surface area contributed by atoms with Crippen LogP contribution in [0.2, 0.25) is 0 Å². The molecule has 0 aliphatic rings. The van der Waals surface area contributed by atoms with Crippen LogP contribution in [0.4, 0.5) is 13.2 Å². The Labute approximate surface area is 135 Å². The molecule has 3 N–H and O–H groups in total. The number of alkyl halides is 3. The zero-order chi connectivity index (χ0) is 18.0. The lowest BCUT2D eigenvalue weighted by atomic mass is 9.89. The van der Waals surface area contributed by atoms with E-state index in [4.69, 9.17) is 5.73 Å². The molecule has 0 aliphatic heterocycles. The molecule has 0 spiro atoms. The smallest absolute Gasteiger partial charge is 0.367 e. The zero-order valence-corrected chi connectivity index (χ0v) is 12.6. The van der Waals surface area contributed by atoms with Crippen molar-refractivity contribution in [1.82, 2.24) is 10.3 Å². The van der Waals surface area contributed by atoms with Gasteiger partial charge in [0, 0.05) is 18.0 Å². The van der Waals surface area contributed by atoms with E-state index < -0.39 is 29.1 Å². The van der Waals surface area contributed by atoms with Gasteiger partial charge in [0.2, 0.25) is 5.91 Å². The molecule has 2 rings (SSSR count). The second-order valence-corrected chi connectivity index (χ2v) is 5.26. The summed E-state index contributed by atoms with van der Waals surface area (Å²) in [4.78, 5) is 27.9. The highest BCUT2D eigenvalue weighted by molar-refractivity contribution is 5.99. The Morgan fingerprint density at radius 1 is 1.08 bits per heavy atom. The van der Waals surface area contributed by atoms with Crippen molar-refractivity contribution in [1.29, 1.82) is 0 Å². The van der Waals surface area contributed by atoms with Gasteiger partial charge in [-0.3, -0.25) is 14.6 Å². The lowest BCUT2D eigenvalue weighted by molar-refractivity contribution is -0.137. The minimum atomic E-state index is -4.58. The summed E-state index contributed by atoms with van der Waals surface area (Å²) in [6.07, 6.45) is -1.83. The van der Waals surface area contributed by atoms with E-state index in [2.05, 4.69) is 10.3 Å². The first-order valence-corrected chi connectivity index (χ1v) is 6.85. The third-order valence-electron chi connectivity index (χ3n) is 3.57. The molecule has 0 unspecified atom stereocenters. The van der Waals surface area contributed by atoms with Gasteiger partial charge in [0.15, 0.2) is 0 Å². The van der Waals surface area contributed by atoms with Crippen molar-refractivity contribution >= 4 is 11.8 Å². The van der Waals surface area contributed by atoms with Crippen LogP contribution < -0.4 is 11.1 Å². The molecule has 0 bridgehead atoms. The fraction of sp³-hybridized carbons (Fsp3) is 0.188. The number of aromatic nitrogens is 1. The van der Waals surface area contributed by atoms with E-state index in [-0.39, 0.29) is 11.1 Å². The molecule has 1 heterocycles. The Bertz CT molecular complexity index is 763. The number of nitrogens with zero attached hydrogens (tertiary/aromatic N) is 1. The highest BCUT2D eigenvalue weighted by atomic mass is 19.4. The second kappa shape index (κ2) is 6.31. The number of benzene rings is 1. The van der Waals surface area contributed by atoms with Gasteiger partial charge < -0.3 is 11.1 Å². The van der Waals surface area contributed by atoms with Crippen LogP contribution in [0.25, 0.3) is 0 Å². The molecule has 24 heavy (non-hydrogen) atoms. The number of carbonyl (C=O) groups excluding carboxylic acids is 2. The highest BCUT2D eigenvalue weighted by Gasteiger charge is 2.38. The van der Waals surface area contributed by atoms with E-state index in [1.54, 1.807) is 0 Å². The van der Waals surface area contributed by atoms with Crippen LogP contribution >= 0.6 is 0 Å². The van der Waals surface area contributed by atoms with Gasteiger partial charge in [0.25, 0.3) is 5.91 Å². The number of rotatable bonds is 4. The average molecular weight is 337 g/mol. The molecular formula is C16H14F3N3O2. The van der Waals surface area contributed by atoms with Crippen molar-refractivity contribution in [2.75, 3.05) is 0 Å². The molecule has 0 fully saturated rings. The number of nitrogens with two attached hydrogens (primary N) is 1. The molecule has 0 radical (unpaired) electrons. The topological polar surface area (TPSA) is 85.1 Å². The van der Waals surface area contributed by atoms with Crippen molar-refractivity contribution in [2.24, 2.45) is 5.73 Å². The third-order valence-corrected chi connectivity index (χ3v) is 3.57. The number of amides is 2. The molecule has 126 valence electrons. The van der Waals surface area contributed by atoms with Crippen LogP contribution in [-0.4, -0.2) is 16.8 Å². The molecule has 1 aromatic carbocycles. The average Bonchev–Trinajstić information content (AvgIpc) is 2.54. The molecule has 1 aromatic heterocycles. The van der Waals surface area contributed by atoms with E-state index in [1.165, 1.54) is 37.5 Å². The Morgan fingerprint density at radius 3 is 2.21 bits per heavy atom. The van der Waals surface area contributed by atoms with E-state index in [9.17, 15) is 22.8 Å². The number of nitrogens with one attached hydrogen (secondary N) is 1. The molecule has 2 amide bonds. The monoisotopic (exact) mass is 337 g/mol. The summed E-state index contributed by atoms with van der Waals surface area (Å²) in [6.45, 7) is 1.25. The van der Waals surface area contributed by atoms with Crippen molar-refractivity contribution in [3.8, 4) is 0 Å². The fourth-order valence-corrected chi connectivity index (χ4v) is 2.09. The highest BCUT2D eigenvalue weighted by Crippen LogP contribution is 2.32. The predicted octanol–water partition coefficient (Wildman–Crippen LogP) is 2.23. The first-order chi connectivity index (χ1) is 11.1. The van der Waals surface area contributed by atoms with E-state index >= 15 is 0 Å². The van der Waals surface area contributed by atoms with E-state index in [0.717, 1.165) is 18.2 Å². The van der Waals surface area contributed by atoms with E-state index in [0.29, 0.717) is 0 Å². The largest absolute Gasteiger partial charge is 0.416 e. The Hall–Kier alpha value is -2.90. The maximum atomic E-state index is 12.9. The fourth-order valence-electron chi connectivity index (χ4n) is 2.09. The van der Waals surface area contributed by atoms with Crippen LogP contribution in [0.15, 0.2) is 48.8 Å².